The molecule has 132 valence electrons. The Hall–Kier alpha value is -3.82. The van der Waals surface area contributed by atoms with Crippen LogP contribution in [0.5, 0.6) is 11.5 Å². The first kappa shape index (κ1) is 15.7. The number of fused-ring (bicyclic) bond motifs is 3. The molecule has 0 bridgehead atoms. The molecule has 10 nitrogen and oxygen atoms in total. The molecule has 0 saturated heterocycles. The SMILES string of the molecule is COc1cc2nc3nc(Nc4ccc([N+](=O)[O-])cc4)[nH]n3c2cc1OC. The number of ether oxygens (including phenoxy) is 2. The fourth-order valence-electron chi connectivity index (χ4n) is 2.67. The molecule has 0 aliphatic heterocycles. The molecule has 0 saturated carbocycles. The summed E-state index contributed by atoms with van der Waals surface area (Å²) in [7, 11) is 3.13. The van der Waals surface area contributed by atoms with Gasteiger partial charge in [0.25, 0.3) is 11.5 Å². The minimum Gasteiger partial charge on any atom is -0.493 e. The third-order valence-electron chi connectivity index (χ3n) is 3.91. The molecule has 0 radical (unpaired) electrons. The van der Waals surface area contributed by atoms with E-state index in [0.717, 1.165) is 5.52 Å². The highest BCUT2D eigenvalue weighted by Gasteiger charge is 2.14. The Bertz CT molecular complexity index is 1120. The smallest absolute Gasteiger partial charge is 0.269 e. The van der Waals surface area contributed by atoms with E-state index in [2.05, 4.69) is 20.4 Å². The monoisotopic (exact) mass is 354 g/mol. The average Bonchev–Trinajstić information content (AvgIpc) is 3.17. The number of benzene rings is 2. The Morgan fingerprint density at radius 3 is 2.46 bits per heavy atom. The van der Waals surface area contributed by atoms with Crippen molar-refractivity contribution in [2.75, 3.05) is 19.5 Å². The summed E-state index contributed by atoms with van der Waals surface area (Å²) >= 11 is 0. The van der Waals surface area contributed by atoms with Crippen molar-refractivity contribution in [1.82, 2.24) is 19.6 Å². The van der Waals surface area contributed by atoms with Gasteiger partial charge in [-0.05, 0) is 12.1 Å². The quantitative estimate of drug-likeness (QED) is 0.418. The van der Waals surface area contributed by atoms with Crippen LogP contribution >= 0.6 is 0 Å². The van der Waals surface area contributed by atoms with Gasteiger partial charge in [-0.15, -0.1) is 0 Å². The van der Waals surface area contributed by atoms with Crippen LogP contribution in [0.25, 0.3) is 16.8 Å². The molecule has 2 aromatic carbocycles. The number of methoxy groups -OCH3 is 2. The van der Waals surface area contributed by atoms with Gasteiger partial charge in [-0.3, -0.25) is 15.2 Å². The van der Waals surface area contributed by atoms with Crippen LogP contribution in [0.3, 0.4) is 0 Å². The zero-order chi connectivity index (χ0) is 18.3. The number of nitrogens with one attached hydrogen (secondary N) is 2. The molecule has 26 heavy (non-hydrogen) atoms. The van der Waals surface area contributed by atoms with E-state index >= 15 is 0 Å². The van der Waals surface area contributed by atoms with E-state index in [4.69, 9.17) is 9.47 Å². The Morgan fingerprint density at radius 1 is 1.12 bits per heavy atom. The molecule has 0 aliphatic carbocycles. The number of non-ortho nitro benzene ring substituents is 1. The van der Waals surface area contributed by atoms with Gasteiger partial charge < -0.3 is 14.8 Å². The number of imidazole rings is 1. The summed E-state index contributed by atoms with van der Waals surface area (Å²) in [6.07, 6.45) is 0. The molecule has 2 aromatic heterocycles. The molecule has 2 heterocycles. The minimum atomic E-state index is -0.446. The number of aromatic nitrogens is 4. The lowest BCUT2D eigenvalue weighted by Gasteiger charge is -2.06. The first-order valence-corrected chi connectivity index (χ1v) is 7.60. The van der Waals surface area contributed by atoms with E-state index in [1.807, 2.05) is 6.07 Å². The molecule has 4 rings (SSSR count). The molecule has 4 aromatic rings. The van der Waals surface area contributed by atoms with E-state index in [1.165, 1.54) is 12.1 Å². The van der Waals surface area contributed by atoms with E-state index in [9.17, 15) is 10.1 Å². The predicted molar refractivity (Wildman–Crippen MR) is 94.3 cm³/mol. The van der Waals surface area contributed by atoms with Gasteiger partial charge in [0.05, 0.1) is 30.2 Å². The largest absolute Gasteiger partial charge is 0.493 e. The van der Waals surface area contributed by atoms with Gasteiger partial charge in [0.1, 0.15) is 0 Å². The van der Waals surface area contributed by atoms with Crippen LogP contribution in [0.1, 0.15) is 0 Å². The normalized spacial score (nSPS) is 11.0. The van der Waals surface area contributed by atoms with Gasteiger partial charge in [-0.1, -0.05) is 0 Å². The lowest BCUT2D eigenvalue weighted by molar-refractivity contribution is -0.384. The molecule has 0 atom stereocenters. The highest BCUT2D eigenvalue weighted by atomic mass is 16.6. The highest BCUT2D eigenvalue weighted by Crippen LogP contribution is 2.32. The lowest BCUT2D eigenvalue weighted by atomic mass is 10.3. The van der Waals surface area contributed by atoms with Crippen molar-refractivity contribution in [3.8, 4) is 11.5 Å². The molecule has 0 aliphatic rings. The van der Waals surface area contributed by atoms with Gasteiger partial charge in [0.2, 0.25) is 5.95 Å². The van der Waals surface area contributed by atoms with Crippen molar-refractivity contribution in [2.24, 2.45) is 0 Å². The van der Waals surface area contributed by atoms with Crippen LogP contribution in [-0.2, 0) is 0 Å². The van der Waals surface area contributed by atoms with Crippen molar-refractivity contribution < 1.29 is 14.4 Å². The second kappa shape index (κ2) is 5.92. The molecule has 2 N–H and O–H groups in total. The number of hydrogen-bond donors (Lipinski definition) is 2. The van der Waals surface area contributed by atoms with Crippen LogP contribution < -0.4 is 14.8 Å². The maximum Gasteiger partial charge on any atom is 0.269 e. The maximum atomic E-state index is 10.7. The average molecular weight is 354 g/mol. The van der Waals surface area contributed by atoms with E-state index < -0.39 is 4.92 Å². The molecule has 0 spiro atoms. The molecule has 0 amide bonds. The number of anilines is 2. The molecule has 10 heteroatoms. The lowest BCUT2D eigenvalue weighted by Crippen LogP contribution is -1.95. The fraction of sp³-hybridized carbons (Fsp3) is 0.125. The van der Waals surface area contributed by atoms with Crippen molar-refractivity contribution >= 4 is 34.1 Å². The summed E-state index contributed by atoms with van der Waals surface area (Å²) < 4.78 is 12.3. The zero-order valence-electron chi connectivity index (χ0n) is 13.9. The Balaban J connectivity index is 1.70. The van der Waals surface area contributed by atoms with Crippen molar-refractivity contribution in [3.63, 3.8) is 0 Å². The number of rotatable bonds is 5. The number of H-pyrrole nitrogens is 1. The second-order valence-electron chi connectivity index (χ2n) is 5.44. The summed E-state index contributed by atoms with van der Waals surface area (Å²) in [6, 6.07) is 9.64. The maximum absolute atomic E-state index is 10.7. The van der Waals surface area contributed by atoms with E-state index in [-0.39, 0.29) is 5.69 Å². The Labute approximate surface area is 146 Å². The Kier molecular flexibility index (Phi) is 3.57. The first-order chi connectivity index (χ1) is 12.6. The first-order valence-electron chi connectivity index (χ1n) is 7.60. The molecular weight excluding hydrogens is 340 g/mol. The number of nitrogens with zero attached hydrogens (tertiary/aromatic N) is 4. The second-order valence-corrected chi connectivity index (χ2v) is 5.44. The molecule has 0 fully saturated rings. The zero-order valence-corrected chi connectivity index (χ0v) is 13.9. The third kappa shape index (κ3) is 2.53. The standard InChI is InChI=1S/C16H14N6O4/c1-25-13-7-11-12(8-14(13)26-2)21-16(18-11)19-15(20-21)17-9-3-5-10(6-4-9)22(23)24/h3-8H,1-2H3,(H2,17,18,19,20). The van der Waals surface area contributed by atoms with Crippen molar-refractivity contribution in [3.05, 3.63) is 46.5 Å². The van der Waals surface area contributed by atoms with Gasteiger partial charge in [0, 0.05) is 30.0 Å². The van der Waals surface area contributed by atoms with Crippen LogP contribution in [0, 0.1) is 10.1 Å². The topological polar surface area (TPSA) is 120 Å². The number of aromatic amines is 1. The Morgan fingerprint density at radius 2 is 1.81 bits per heavy atom. The van der Waals surface area contributed by atoms with Gasteiger partial charge in [-0.2, -0.15) is 4.98 Å². The van der Waals surface area contributed by atoms with Gasteiger partial charge in [-0.25, -0.2) is 9.50 Å². The van der Waals surface area contributed by atoms with Crippen LogP contribution in [0.15, 0.2) is 36.4 Å². The third-order valence-corrected chi connectivity index (χ3v) is 3.91. The summed E-state index contributed by atoms with van der Waals surface area (Å²) in [6.45, 7) is 0. The summed E-state index contributed by atoms with van der Waals surface area (Å²) in [5.74, 6) is 2.10. The molecular formula is C16H14N6O4. The molecule has 0 unspecified atom stereocenters. The van der Waals surface area contributed by atoms with Gasteiger partial charge in [0.15, 0.2) is 11.5 Å². The fourth-order valence-corrected chi connectivity index (χ4v) is 2.67. The summed E-state index contributed by atoms with van der Waals surface area (Å²) in [4.78, 5) is 19.1. The van der Waals surface area contributed by atoms with Crippen LogP contribution in [0.4, 0.5) is 17.3 Å². The number of nitro benzene ring substituents is 1. The summed E-state index contributed by atoms with van der Waals surface area (Å²) in [5.41, 5.74) is 2.18. The van der Waals surface area contributed by atoms with Gasteiger partial charge >= 0.3 is 0 Å². The predicted octanol–water partition coefficient (Wildman–Crippen LogP) is 2.88. The van der Waals surface area contributed by atoms with Crippen LogP contribution in [-0.4, -0.2) is 38.7 Å². The van der Waals surface area contributed by atoms with Crippen molar-refractivity contribution in [1.29, 1.82) is 0 Å². The highest BCUT2D eigenvalue weighted by molar-refractivity contribution is 5.83. The number of nitro groups is 1. The van der Waals surface area contributed by atoms with E-state index in [0.29, 0.717) is 34.4 Å². The number of hydrogen-bond acceptors (Lipinski definition) is 7. The minimum absolute atomic E-state index is 0.0248. The van der Waals surface area contributed by atoms with Crippen molar-refractivity contribution in [2.45, 2.75) is 0 Å². The summed E-state index contributed by atoms with van der Waals surface area (Å²) in [5, 5.41) is 16.9. The van der Waals surface area contributed by atoms with E-state index in [1.54, 1.807) is 36.9 Å². The van der Waals surface area contributed by atoms with Crippen LogP contribution in [0.2, 0.25) is 0 Å².